The van der Waals surface area contributed by atoms with Crippen molar-refractivity contribution >= 4 is 11.8 Å². The van der Waals surface area contributed by atoms with Crippen molar-refractivity contribution in [3.05, 3.63) is 45.7 Å². The smallest absolute Gasteiger partial charge is 0.258 e. The van der Waals surface area contributed by atoms with Crippen LogP contribution in [0.1, 0.15) is 57.6 Å². The van der Waals surface area contributed by atoms with Gasteiger partial charge in [-0.05, 0) is 36.5 Å². The third-order valence-electron chi connectivity index (χ3n) is 5.85. The first-order valence-corrected chi connectivity index (χ1v) is 10.9. The molecule has 2 aliphatic rings. The highest BCUT2D eigenvalue weighted by molar-refractivity contribution is 7.99. The molecule has 0 atom stereocenters. The summed E-state index contributed by atoms with van der Waals surface area (Å²) in [6.45, 7) is 7.22. The summed E-state index contributed by atoms with van der Waals surface area (Å²) in [6.07, 6.45) is 5.67. The van der Waals surface area contributed by atoms with Crippen LogP contribution in [-0.4, -0.2) is 15.3 Å². The maximum absolute atomic E-state index is 13.7. The fourth-order valence-corrected chi connectivity index (χ4v) is 5.54. The van der Waals surface area contributed by atoms with E-state index in [4.69, 9.17) is 4.98 Å². The SMILES string of the molecule is CCSc1nc2c(c(=O)n1CC(C)C)C1(CCCC1)Cc1ccccc1-2. The van der Waals surface area contributed by atoms with Gasteiger partial charge in [-0.3, -0.25) is 9.36 Å². The highest BCUT2D eigenvalue weighted by Crippen LogP contribution is 2.49. The van der Waals surface area contributed by atoms with E-state index in [1.165, 1.54) is 24.0 Å². The van der Waals surface area contributed by atoms with Crippen LogP contribution in [0.5, 0.6) is 0 Å². The Kier molecular flexibility index (Phi) is 4.72. The van der Waals surface area contributed by atoms with Gasteiger partial charge in [-0.2, -0.15) is 0 Å². The monoisotopic (exact) mass is 368 g/mol. The molecule has 0 amide bonds. The predicted molar refractivity (Wildman–Crippen MR) is 109 cm³/mol. The van der Waals surface area contributed by atoms with Crippen molar-refractivity contribution in [3.63, 3.8) is 0 Å². The van der Waals surface area contributed by atoms with Crippen LogP contribution in [0.3, 0.4) is 0 Å². The number of thioether (sulfide) groups is 1. The molecule has 3 nitrogen and oxygen atoms in total. The first-order valence-electron chi connectivity index (χ1n) is 9.92. The van der Waals surface area contributed by atoms with Crippen LogP contribution in [0.2, 0.25) is 0 Å². The zero-order chi connectivity index (χ0) is 18.3. The fourth-order valence-electron chi connectivity index (χ4n) is 4.81. The molecule has 1 aromatic carbocycles. The van der Waals surface area contributed by atoms with Gasteiger partial charge in [0.15, 0.2) is 5.16 Å². The summed E-state index contributed by atoms with van der Waals surface area (Å²) in [5.74, 6) is 1.36. The van der Waals surface area contributed by atoms with Gasteiger partial charge in [-0.1, -0.05) is 69.6 Å². The van der Waals surface area contributed by atoms with E-state index in [0.717, 1.165) is 48.0 Å². The lowest BCUT2D eigenvalue weighted by molar-refractivity contribution is 0.404. The highest BCUT2D eigenvalue weighted by Gasteiger charge is 2.44. The molecule has 1 spiro atoms. The van der Waals surface area contributed by atoms with Crippen LogP contribution in [0.15, 0.2) is 34.2 Å². The number of hydrogen-bond acceptors (Lipinski definition) is 3. The number of fused-ring (bicyclic) bond motifs is 4. The number of benzene rings is 1. The van der Waals surface area contributed by atoms with Crippen LogP contribution < -0.4 is 5.56 Å². The first-order chi connectivity index (χ1) is 12.6. The van der Waals surface area contributed by atoms with Crippen LogP contribution in [0.25, 0.3) is 11.3 Å². The molecule has 26 heavy (non-hydrogen) atoms. The first kappa shape index (κ1) is 17.8. The fraction of sp³-hybridized carbons (Fsp3) is 0.545. The van der Waals surface area contributed by atoms with Crippen LogP contribution in [0.4, 0.5) is 0 Å². The maximum atomic E-state index is 13.7. The lowest BCUT2D eigenvalue weighted by Gasteiger charge is -2.36. The molecule has 4 heteroatoms. The molecule has 0 bridgehead atoms. The molecule has 1 fully saturated rings. The summed E-state index contributed by atoms with van der Waals surface area (Å²) in [7, 11) is 0. The molecule has 0 N–H and O–H groups in total. The third-order valence-corrected chi connectivity index (χ3v) is 6.71. The summed E-state index contributed by atoms with van der Waals surface area (Å²) < 4.78 is 1.96. The molecule has 1 aromatic heterocycles. The third kappa shape index (κ3) is 2.83. The lowest BCUT2D eigenvalue weighted by atomic mass is 9.68. The Labute approximate surface area is 160 Å². The van der Waals surface area contributed by atoms with Crippen LogP contribution >= 0.6 is 11.8 Å². The van der Waals surface area contributed by atoms with Gasteiger partial charge in [0.05, 0.1) is 11.3 Å². The van der Waals surface area contributed by atoms with Crippen LogP contribution in [0, 0.1) is 5.92 Å². The second-order valence-corrected chi connectivity index (χ2v) is 9.41. The quantitative estimate of drug-likeness (QED) is 0.560. The van der Waals surface area contributed by atoms with E-state index < -0.39 is 0 Å². The lowest BCUT2D eigenvalue weighted by Crippen LogP contribution is -2.40. The molecule has 2 aliphatic carbocycles. The number of rotatable bonds is 4. The molecule has 1 heterocycles. The van der Waals surface area contributed by atoms with Crippen molar-refractivity contribution in [2.45, 2.75) is 70.0 Å². The minimum absolute atomic E-state index is 0.00190. The van der Waals surface area contributed by atoms with Crippen molar-refractivity contribution in [2.24, 2.45) is 5.92 Å². The number of hydrogen-bond donors (Lipinski definition) is 0. The molecule has 0 saturated heterocycles. The second kappa shape index (κ2) is 6.88. The minimum atomic E-state index is 0.00190. The van der Waals surface area contributed by atoms with Gasteiger partial charge < -0.3 is 0 Å². The molecule has 0 radical (unpaired) electrons. The van der Waals surface area contributed by atoms with Gasteiger partial charge >= 0.3 is 0 Å². The van der Waals surface area contributed by atoms with E-state index in [1.54, 1.807) is 11.8 Å². The Morgan fingerprint density at radius 3 is 2.65 bits per heavy atom. The van der Waals surface area contributed by atoms with Crippen molar-refractivity contribution in [1.82, 2.24) is 9.55 Å². The normalized spacial score (nSPS) is 17.5. The van der Waals surface area contributed by atoms with Gasteiger partial charge in [0.2, 0.25) is 0 Å². The predicted octanol–water partition coefficient (Wildman–Crippen LogP) is 5.05. The van der Waals surface area contributed by atoms with E-state index in [9.17, 15) is 4.79 Å². The molecular weight excluding hydrogens is 340 g/mol. The van der Waals surface area contributed by atoms with E-state index in [1.807, 2.05) is 4.57 Å². The molecule has 138 valence electrons. The average Bonchev–Trinajstić information content (AvgIpc) is 3.06. The van der Waals surface area contributed by atoms with Gasteiger partial charge in [0.25, 0.3) is 5.56 Å². The average molecular weight is 369 g/mol. The van der Waals surface area contributed by atoms with Gasteiger partial charge in [0.1, 0.15) is 0 Å². The van der Waals surface area contributed by atoms with Crippen molar-refractivity contribution in [3.8, 4) is 11.3 Å². The molecule has 0 unspecified atom stereocenters. The molecule has 4 rings (SSSR count). The molecular formula is C22H28N2OS. The van der Waals surface area contributed by atoms with E-state index >= 15 is 0 Å². The zero-order valence-corrected chi connectivity index (χ0v) is 16.9. The molecule has 0 aliphatic heterocycles. The summed E-state index contributed by atoms with van der Waals surface area (Å²) >= 11 is 1.69. The highest BCUT2D eigenvalue weighted by atomic mass is 32.2. The summed E-state index contributed by atoms with van der Waals surface area (Å²) in [4.78, 5) is 18.8. The van der Waals surface area contributed by atoms with Gasteiger partial charge in [-0.25, -0.2) is 4.98 Å². The number of aromatic nitrogens is 2. The van der Waals surface area contributed by atoms with Gasteiger partial charge in [-0.15, -0.1) is 0 Å². The van der Waals surface area contributed by atoms with Crippen molar-refractivity contribution in [2.75, 3.05) is 5.75 Å². The zero-order valence-electron chi connectivity index (χ0n) is 16.0. The number of nitrogens with zero attached hydrogens (tertiary/aromatic N) is 2. The summed E-state index contributed by atoms with van der Waals surface area (Å²) in [5, 5.41) is 0.884. The van der Waals surface area contributed by atoms with Crippen molar-refractivity contribution < 1.29 is 0 Å². The Hall–Kier alpha value is -1.55. The van der Waals surface area contributed by atoms with Gasteiger partial charge in [0, 0.05) is 17.5 Å². The Morgan fingerprint density at radius 1 is 1.23 bits per heavy atom. The van der Waals surface area contributed by atoms with Crippen LogP contribution in [-0.2, 0) is 18.4 Å². The topological polar surface area (TPSA) is 34.9 Å². The second-order valence-electron chi connectivity index (χ2n) is 8.18. The maximum Gasteiger partial charge on any atom is 0.258 e. The Bertz CT molecular complexity index is 878. The Morgan fingerprint density at radius 2 is 1.96 bits per heavy atom. The summed E-state index contributed by atoms with van der Waals surface area (Å²) in [5.41, 5.74) is 4.73. The molecule has 1 saturated carbocycles. The summed E-state index contributed by atoms with van der Waals surface area (Å²) in [6, 6.07) is 8.57. The minimum Gasteiger partial charge on any atom is -0.287 e. The van der Waals surface area contributed by atoms with E-state index in [-0.39, 0.29) is 11.0 Å². The standard InChI is InChI=1S/C22H28N2OS/c1-4-26-21-23-19-17-10-6-5-9-16(17)13-22(11-7-8-12-22)18(19)20(25)24(21)14-15(2)3/h5-6,9-10,15H,4,7-8,11-14H2,1-3H3. The largest absolute Gasteiger partial charge is 0.287 e. The van der Waals surface area contributed by atoms with Crippen molar-refractivity contribution in [1.29, 1.82) is 0 Å². The molecule has 2 aromatic rings. The Balaban J connectivity index is 2.02. The van der Waals surface area contributed by atoms with E-state index in [2.05, 4.69) is 45.0 Å². The van der Waals surface area contributed by atoms with E-state index in [0.29, 0.717) is 5.92 Å².